The molecule has 1 aromatic carbocycles. The lowest BCUT2D eigenvalue weighted by atomic mass is 9.93. The van der Waals surface area contributed by atoms with E-state index in [4.69, 9.17) is 4.74 Å². The number of fused-ring (bicyclic) bond motifs is 1. The molecule has 2 aliphatic rings. The molecule has 28 heavy (non-hydrogen) atoms. The van der Waals surface area contributed by atoms with E-state index in [9.17, 15) is 9.90 Å². The van der Waals surface area contributed by atoms with E-state index in [2.05, 4.69) is 27.8 Å². The van der Waals surface area contributed by atoms with Crippen LogP contribution in [0.4, 0.5) is 0 Å². The SMILES string of the molecule is O=C(NC[C@@H](O)[C@@H]1Cc2ccccc2CN1)c1ccnc(C2CCOCC2)c1. The molecule has 1 saturated heterocycles. The van der Waals surface area contributed by atoms with Crippen molar-refractivity contribution in [1.29, 1.82) is 0 Å². The van der Waals surface area contributed by atoms with Crippen LogP contribution in [0.5, 0.6) is 0 Å². The molecule has 1 fully saturated rings. The third-order valence-electron chi connectivity index (χ3n) is 5.73. The Hall–Kier alpha value is -2.28. The number of nitrogens with one attached hydrogen (secondary N) is 2. The summed E-state index contributed by atoms with van der Waals surface area (Å²) in [5.41, 5.74) is 4.06. The summed E-state index contributed by atoms with van der Waals surface area (Å²) in [6.45, 7) is 2.44. The quantitative estimate of drug-likeness (QED) is 0.735. The molecule has 4 rings (SSSR count). The van der Waals surface area contributed by atoms with Gasteiger partial charge in [-0.25, -0.2) is 0 Å². The highest BCUT2D eigenvalue weighted by Crippen LogP contribution is 2.25. The van der Waals surface area contributed by atoms with Crippen molar-refractivity contribution in [2.24, 2.45) is 0 Å². The number of ether oxygens (including phenoxy) is 1. The van der Waals surface area contributed by atoms with Crippen LogP contribution in [-0.4, -0.2) is 47.9 Å². The number of rotatable bonds is 5. The average Bonchev–Trinajstić information content (AvgIpc) is 2.77. The highest BCUT2D eigenvalue weighted by molar-refractivity contribution is 5.94. The van der Waals surface area contributed by atoms with Crippen molar-refractivity contribution >= 4 is 5.91 Å². The third kappa shape index (κ3) is 4.41. The van der Waals surface area contributed by atoms with Gasteiger partial charge < -0.3 is 20.5 Å². The first-order chi connectivity index (χ1) is 13.7. The summed E-state index contributed by atoms with van der Waals surface area (Å²) in [5, 5.41) is 16.8. The Kier molecular flexibility index (Phi) is 6.00. The minimum Gasteiger partial charge on any atom is -0.390 e. The average molecular weight is 381 g/mol. The molecule has 2 aromatic rings. The number of aromatic nitrogens is 1. The van der Waals surface area contributed by atoms with Crippen molar-refractivity contribution in [2.75, 3.05) is 19.8 Å². The lowest BCUT2D eigenvalue weighted by Crippen LogP contribution is -2.49. The number of benzene rings is 1. The van der Waals surface area contributed by atoms with Gasteiger partial charge in [-0.15, -0.1) is 0 Å². The zero-order valence-electron chi connectivity index (χ0n) is 15.9. The highest BCUT2D eigenvalue weighted by atomic mass is 16.5. The Labute approximate surface area is 165 Å². The smallest absolute Gasteiger partial charge is 0.251 e. The zero-order valence-corrected chi connectivity index (χ0v) is 15.9. The minimum atomic E-state index is -0.644. The van der Waals surface area contributed by atoms with Gasteiger partial charge in [0.1, 0.15) is 0 Å². The van der Waals surface area contributed by atoms with Crippen LogP contribution >= 0.6 is 0 Å². The van der Waals surface area contributed by atoms with Gasteiger partial charge in [0.25, 0.3) is 5.91 Å². The summed E-state index contributed by atoms with van der Waals surface area (Å²) in [5.74, 6) is 0.171. The van der Waals surface area contributed by atoms with E-state index in [1.54, 1.807) is 12.3 Å². The predicted octanol–water partition coefficient (Wildman–Crippen LogP) is 1.78. The van der Waals surface area contributed by atoms with E-state index < -0.39 is 6.10 Å². The number of aliphatic hydroxyl groups is 1. The fourth-order valence-electron chi connectivity index (χ4n) is 4.00. The molecule has 2 atom stereocenters. The first-order valence-corrected chi connectivity index (χ1v) is 10.0. The number of amides is 1. The molecule has 6 nitrogen and oxygen atoms in total. The normalized spacial score (nSPS) is 21.0. The highest BCUT2D eigenvalue weighted by Gasteiger charge is 2.25. The molecule has 1 amide bonds. The van der Waals surface area contributed by atoms with Crippen LogP contribution in [0.1, 0.15) is 45.9 Å². The molecular weight excluding hydrogens is 354 g/mol. The number of carbonyl (C=O) groups is 1. The van der Waals surface area contributed by atoms with Gasteiger partial charge in [0, 0.05) is 55.7 Å². The second-order valence-corrected chi connectivity index (χ2v) is 7.59. The van der Waals surface area contributed by atoms with E-state index in [0.717, 1.165) is 44.7 Å². The van der Waals surface area contributed by atoms with Gasteiger partial charge in [-0.1, -0.05) is 24.3 Å². The van der Waals surface area contributed by atoms with Crippen LogP contribution in [0.3, 0.4) is 0 Å². The molecule has 2 aliphatic heterocycles. The van der Waals surface area contributed by atoms with Gasteiger partial charge in [-0.05, 0) is 42.5 Å². The molecule has 0 radical (unpaired) electrons. The molecule has 148 valence electrons. The predicted molar refractivity (Wildman–Crippen MR) is 106 cm³/mol. The van der Waals surface area contributed by atoms with Gasteiger partial charge in [0.05, 0.1) is 6.10 Å². The van der Waals surface area contributed by atoms with Crippen molar-refractivity contribution in [3.05, 3.63) is 65.0 Å². The van der Waals surface area contributed by atoms with Crippen LogP contribution in [0, 0.1) is 0 Å². The molecule has 0 saturated carbocycles. The van der Waals surface area contributed by atoms with Crippen molar-refractivity contribution in [1.82, 2.24) is 15.6 Å². The van der Waals surface area contributed by atoms with Crippen LogP contribution in [0.15, 0.2) is 42.6 Å². The monoisotopic (exact) mass is 381 g/mol. The maximum atomic E-state index is 12.6. The molecule has 3 N–H and O–H groups in total. The summed E-state index contributed by atoms with van der Waals surface area (Å²) in [6.07, 6.45) is 3.68. The fraction of sp³-hybridized carbons (Fsp3) is 0.455. The second-order valence-electron chi connectivity index (χ2n) is 7.59. The van der Waals surface area contributed by atoms with Crippen molar-refractivity contribution in [3.63, 3.8) is 0 Å². The van der Waals surface area contributed by atoms with Crippen LogP contribution in [0.2, 0.25) is 0 Å². The number of aliphatic hydroxyl groups excluding tert-OH is 1. The maximum Gasteiger partial charge on any atom is 0.251 e. The standard InChI is InChI=1S/C22H27N3O3/c26-21(20-11-16-3-1-2-4-18(16)13-24-20)14-25-22(27)17-5-8-23-19(12-17)15-6-9-28-10-7-15/h1-5,8,12,15,20-21,24,26H,6-7,9-11,13-14H2,(H,25,27)/t20-,21+/m0/s1. The molecule has 0 bridgehead atoms. The first kappa shape index (κ1) is 19.1. The summed E-state index contributed by atoms with van der Waals surface area (Å²) in [4.78, 5) is 17.0. The number of hydrogen-bond donors (Lipinski definition) is 3. The lowest BCUT2D eigenvalue weighted by Gasteiger charge is -2.30. The lowest BCUT2D eigenvalue weighted by molar-refractivity contribution is 0.0842. The summed E-state index contributed by atoms with van der Waals surface area (Å²) < 4.78 is 5.40. The largest absolute Gasteiger partial charge is 0.390 e. The Morgan fingerprint density at radius 2 is 2.04 bits per heavy atom. The number of hydrogen-bond acceptors (Lipinski definition) is 5. The summed E-state index contributed by atoms with van der Waals surface area (Å²) in [6, 6.07) is 11.8. The Morgan fingerprint density at radius 3 is 2.86 bits per heavy atom. The molecule has 0 aliphatic carbocycles. The van der Waals surface area contributed by atoms with Gasteiger partial charge >= 0.3 is 0 Å². The third-order valence-corrected chi connectivity index (χ3v) is 5.73. The number of pyridine rings is 1. The fourth-order valence-corrected chi connectivity index (χ4v) is 4.00. The molecule has 6 heteroatoms. The van der Waals surface area contributed by atoms with Crippen molar-refractivity contribution in [3.8, 4) is 0 Å². The van der Waals surface area contributed by atoms with E-state index in [1.165, 1.54) is 11.1 Å². The van der Waals surface area contributed by atoms with Gasteiger partial charge in [0.2, 0.25) is 0 Å². The summed E-state index contributed by atoms with van der Waals surface area (Å²) >= 11 is 0. The van der Waals surface area contributed by atoms with E-state index in [-0.39, 0.29) is 18.5 Å². The van der Waals surface area contributed by atoms with Crippen LogP contribution < -0.4 is 10.6 Å². The van der Waals surface area contributed by atoms with Gasteiger partial charge in [-0.2, -0.15) is 0 Å². The van der Waals surface area contributed by atoms with Gasteiger partial charge in [-0.3, -0.25) is 9.78 Å². The topological polar surface area (TPSA) is 83.5 Å². The Morgan fingerprint density at radius 1 is 1.25 bits per heavy atom. The van der Waals surface area contributed by atoms with Crippen molar-refractivity contribution < 1.29 is 14.6 Å². The van der Waals surface area contributed by atoms with E-state index >= 15 is 0 Å². The molecule has 0 spiro atoms. The second kappa shape index (κ2) is 8.82. The Balaban J connectivity index is 1.33. The van der Waals surface area contributed by atoms with Gasteiger partial charge in [0.15, 0.2) is 0 Å². The van der Waals surface area contributed by atoms with Crippen LogP contribution in [-0.2, 0) is 17.7 Å². The molecule has 3 heterocycles. The van der Waals surface area contributed by atoms with Crippen LogP contribution in [0.25, 0.3) is 0 Å². The first-order valence-electron chi connectivity index (χ1n) is 10.0. The number of nitrogens with zero attached hydrogens (tertiary/aromatic N) is 1. The minimum absolute atomic E-state index is 0.0644. The molecule has 0 unspecified atom stereocenters. The summed E-state index contributed by atoms with van der Waals surface area (Å²) in [7, 11) is 0. The maximum absolute atomic E-state index is 12.6. The van der Waals surface area contributed by atoms with Crippen molar-refractivity contribution in [2.45, 2.75) is 43.9 Å². The molecule has 1 aromatic heterocycles. The van der Waals surface area contributed by atoms with E-state index in [1.807, 2.05) is 18.2 Å². The number of carbonyl (C=O) groups excluding carboxylic acids is 1. The Bertz CT molecular complexity index is 820. The zero-order chi connectivity index (χ0) is 19.3. The molecular formula is C22H27N3O3. The van der Waals surface area contributed by atoms with E-state index in [0.29, 0.717) is 11.5 Å².